The zero-order chi connectivity index (χ0) is 25.2. The Labute approximate surface area is 205 Å². The molecule has 7 heteroatoms. The summed E-state index contributed by atoms with van der Waals surface area (Å²) in [4.78, 5) is 16.8. The fourth-order valence-electron chi connectivity index (χ4n) is 3.83. The van der Waals surface area contributed by atoms with Crippen LogP contribution in [0.25, 0.3) is 10.8 Å². The first kappa shape index (κ1) is 24.3. The third-order valence-electron chi connectivity index (χ3n) is 5.55. The van der Waals surface area contributed by atoms with Gasteiger partial charge in [-0.2, -0.15) is 13.2 Å². The SMILES string of the molecule is Cc1ccc(CC(=O)Cc2cccc(C#Cc3c(N)ncc4ccc(Cl)cc34)c2)cc1C(F)(F)F. The summed E-state index contributed by atoms with van der Waals surface area (Å²) >= 11 is 6.13. The van der Waals surface area contributed by atoms with Crippen LogP contribution in [0.15, 0.2) is 66.9 Å². The highest BCUT2D eigenvalue weighted by Crippen LogP contribution is 2.32. The highest BCUT2D eigenvalue weighted by Gasteiger charge is 2.32. The van der Waals surface area contributed by atoms with Crippen molar-refractivity contribution >= 4 is 34.0 Å². The molecule has 0 atom stereocenters. The van der Waals surface area contributed by atoms with Crippen LogP contribution in [0.5, 0.6) is 0 Å². The maximum atomic E-state index is 13.2. The molecule has 4 rings (SSSR count). The molecule has 0 radical (unpaired) electrons. The fourth-order valence-corrected chi connectivity index (χ4v) is 4.00. The molecule has 1 aromatic heterocycles. The molecule has 0 bridgehead atoms. The first-order valence-corrected chi connectivity index (χ1v) is 11.1. The number of nitrogens with zero attached hydrogens (tertiary/aromatic N) is 1. The molecule has 1 heterocycles. The molecule has 0 saturated heterocycles. The molecular weight excluding hydrogens is 473 g/mol. The maximum absolute atomic E-state index is 13.2. The topological polar surface area (TPSA) is 56.0 Å². The number of hydrogen-bond acceptors (Lipinski definition) is 3. The van der Waals surface area contributed by atoms with E-state index in [4.69, 9.17) is 17.3 Å². The molecule has 0 aliphatic rings. The summed E-state index contributed by atoms with van der Waals surface area (Å²) in [6, 6.07) is 16.5. The molecule has 0 amide bonds. The quantitative estimate of drug-likeness (QED) is 0.328. The number of pyridine rings is 1. The van der Waals surface area contributed by atoms with Crippen LogP contribution in [0.1, 0.15) is 33.4 Å². The predicted molar refractivity (Wildman–Crippen MR) is 132 cm³/mol. The van der Waals surface area contributed by atoms with Gasteiger partial charge in [-0.05, 0) is 53.9 Å². The summed E-state index contributed by atoms with van der Waals surface area (Å²) in [6.45, 7) is 1.40. The van der Waals surface area contributed by atoms with Crippen LogP contribution in [0.4, 0.5) is 19.0 Å². The number of hydrogen-bond donors (Lipinski definition) is 1. The smallest absolute Gasteiger partial charge is 0.383 e. The average molecular weight is 493 g/mol. The number of alkyl halides is 3. The molecule has 3 aromatic carbocycles. The zero-order valence-corrected chi connectivity index (χ0v) is 19.5. The fraction of sp³-hybridized carbons (Fsp3) is 0.143. The van der Waals surface area contributed by atoms with E-state index >= 15 is 0 Å². The number of nitrogen functional groups attached to an aromatic ring is 1. The number of carbonyl (C=O) groups excluding carboxylic acids is 1. The highest BCUT2D eigenvalue weighted by molar-refractivity contribution is 6.31. The Kier molecular flexibility index (Phi) is 6.81. The predicted octanol–water partition coefficient (Wildman–Crippen LogP) is 6.55. The van der Waals surface area contributed by atoms with Gasteiger partial charge in [0.25, 0.3) is 0 Å². The Balaban J connectivity index is 1.53. The van der Waals surface area contributed by atoms with Gasteiger partial charge in [0, 0.05) is 40.4 Å². The molecule has 0 aliphatic heterocycles. The van der Waals surface area contributed by atoms with E-state index in [0.29, 0.717) is 21.7 Å². The number of nitrogens with two attached hydrogens (primary N) is 1. The lowest BCUT2D eigenvalue weighted by molar-refractivity contribution is -0.138. The van der Waals surface area contributed by atoms with Crippen LogP contribution in [0, 0.1) is 18.8 Å². The Morgan fingerprint density at radius 1 is 1.00 bits per heavy atom. The van der Waals surface area contributed by atoms with Crippen molar-refractivity contribution in [3.63, 3.8) is 0 Å². The first-order chi connectivity index (χ1) is 16.6. The molecule has 0 fully saturated rings. The first-order valence-electron chi connectivity index (χ1n) is 10.7. The van der Waals surface area contributed by atoms with Crippen LogP contribution in [-0.2, 0) is 23.8 Å². The normalized spacial score (nSPS) is 11.2. The van der Waals surface area contributed by atoms with Crippen molar-refractivity contribution in [2.24, 2.45) is 0 Å². The number of carbonyl (C=O) groups is 1. The molecule has 0 spiro atoms. The third kappa shape index (κ3) is 5.82. The van der Waals surface area contributed by atoms with Gasteiger partial charge in [-0.1, -0.05) is 53.8 Å². The van der Waals surface area contributed by atoms with E-state index in [9.17, 15) is 18.0 Å². The second kappa shape index (κ2) is 9.81. The van der Waals surface area contributed by atoms with Crippen LogP contribution in [0.3, 0.4) is 0 Å². The van der Waals surface area contributed by atoms with Crippen LogP contribution >= 0.6 is 11.6 Å². The number of aromatic nitrogens is 1. The Morgan fingerprint density at radius 2 is 1.74 bits per heavy atom. The van der Waals surface area contributed by atoms with Crippen LogP contribution in [-0.4, -0.2) is 10.8 Å². The monoisotopic (exact) mass is 492 g/mol. The van der Waals surface area contributed by atoms with Crippen molar-refractivity contribution in [3.05, 3.63) is 105 Å². The summed E-state index contributed by atoms with van der Waals surface area (Å²) in [6.07, 6.45) is -2.80. The minimum atomic E-state index is -4.45. The number of ketones is 1. The third-order valence-corrected chi connectivity index (χ3v) is 5.79. The largest absolute Gasteiger partial charge is 0.416 e. The van der Waals surface area contributed by atoms with Crippen LogP contribution < -0.4 is 5.73 Å². The number of anilines is 1. The molecule has 2 N–H and O–H groups in total. The Morgan fingerprint density at radius 3 is 2.49 bits per heavy atom. The molecule has 3 nitrogen and oxygen atoms in total. The van der Waals surface area contributed by atoms with E-state index in [1.807, 2.05) is 6.07 Å². The zero-order valence-electron chi connectivity index (χ0n) is 18.7. The van der Waals surface area contributed by atoms with Gasteiger partial charge < -0.3 is 5.73 Å². The van der Waals surface area contributed by atoms with Crippen molar-refractivity contribution in [3.8, 4) is 11.8 Å². The number of benzene rings is 3. The number of Topliss-reactive ketones (excluding diaryl/α,β-unsaturated/α-hetero) is 1. The second-order valence-electron chi connectivity index (χ2n) is 8.24. The van der Waals surface area contributed by atoms with E-state index in [1.54, 1.807) is 48.7 Å². The van der Waals surface area contributed by atoms with Crippen LogP contribution in [0.2, 0.25) is 5.02 Å². The van der Waals surface area contributed by atoms with Crippen molar-refractivity contribution in [1.82, 2.24) is 4.98 Å². The minimum Gasteiger partial charge on any atom is -0.383 e. The summed E-state index contributed by atoms with van der Waals surface area (Å²) in [5.41, 5.74) is 7.74. The van der Waals surface area contributed by atoms with Crippen molar-refractivity contribution < 1.29 is 18.0 Å². The number of aryl methyl sites for hydroxylation is 1. The lowest BCUT2D eigenvalue weighted by Crippen LogP contribution is -2.11. The molecule has 0 unspecified atom stereocenters. The highest BCUT2D eigenvalue weighted by atomic mass is 35.5. The summed E-state index contributed by atoms with van der Waals surface area (Å²) in [5, 5.41) is 2.21. The molecule has 0 aliphatic carbocycles. The van der Waals surface area contributed by atoms with Gasteiger partial charge in [0.1, 0.15) is 11.6 Å². The molecular formula is C28H20ClF3N2O. The van der Waals surface area contributed by atoms with Crippen molar-refractivity contribution in [2.75, 3.05) is 5.73 Å². The van der Waals surface area contributed by atoms with Crippen molar-refractivity contribution in [1.29, 1.82) is 0 Å². The Hall–Kier alpha value is -3.82. The van der Waals surface area contributed by atoms with Gasteiger partial charge in [0.2, 0.25) is 0 Å². The number of rotatable bonds is 4. The van der Waals surface area contributed by atoms with Gasteiger partial charge in [-0.15, -0.1) is 0 Å². The summed E-state index contributed by atoms with van der Waals surface area (Å²) < 4.78 is 39.5. The Bertz CT molecular complexity index is 1490. The lowest BCUT2D eigenvalue weighted by atomic mass is 9.98. The van der Waals surface area contributed by atoms with E-state index in [2.05, 4.69) is 16.8 Å². The minimum absolute atomic E-state index is 0.0817. The van der Waals surface area contributed by atoms with Gasteiger partial charge in [-0.3, -0.25) is 4.79 Å². The standard InChI is InChI=1S/C28H20ClF3N2O/c1-17-5-6-20(14-26(17)28(30,31)32)13-23(35)12-19-4-2-3-18(11-19)7-10-24-25-15-22(29)9-8-21(25)16-34-27(24)33/h2-6,8-9,11,14-16H,12-13H2,1H3,(H2,33,34). The van der Waals surface area contributed by atoms with E-state index in [1.165, 1.54) is 13.0 Å². The molecule has 35 heavy (non-hydrogen) atoms. The molecule has 4 aromatic rings. The van der Waals surface area contributed by atoms with E-state index in [0.717, 1.165) is 22.4 Å². The average Bonchev–Trinajstić information content (AvgIpc) is 2.79. The van der Waals surface area contributed by atoms with Gasteiger partial charge in [0.15, 0.2) is 0 Å². The van der Waals surface area contributed by atoms with Gasteiger partial charge in [0.05, 0.1) is 11.1 Å². The van der Waals surface area contributed by atoms with Gasteiger partial charge in [-0.25, -0.2) is 4.98 Å². The van der Waals surface area contributed by atoms with E-state index in [-0.39, 0.29) is 30.0 Å². The molecule has 176 valence electrons. The van der Waals surface area contributed by atoms with E-state index < -0.39 is 11.7 Å². The maximum Gasteiger partial charge on any atom is 0.416 e. The second-order valence-corrected chi connectivity index (χ2v) is 8.68. The lowest BCUT2D eigenvalue weighted by Gasteiger charge is -2.12. The van der Waals surface area contributed by atoms with Crippen molar-refractivity contribution in [2.45, 2.75) is 25.9 Å². The number of halogens is 4. The molecule has 0 saturated carbocycles. The number of fused-ring (bicyclic) bond motifs is 1. The van der Waals surface area contributed by atoms with Gasteiger partial charge >= 0.3 is 6.18 Å². The summed E-state index contributed by atoms with van der Waals surface area (Å²) in [5.74, 6) is 6.21. The summed E-state index contributed by atoms with van der Waals surface area (Å²) in [7, 11) is 0.